The van der Waals surface area contributed by atoms with Crippen LogP contribution >= 0.6 is 0 Å². The molecule has 100 valence electrons. The number of nitrogen functional groups attached to an aromatic ring is 1. The van der Waals surface area contributed by atoms with Gasteiger partial charge in [0.1, 0.15) is 6.54 Å². The number of hydrogen-bond donors (Lipinski definition) is 2. The monoisotopic (exact) mass is 262 g/mol. The topological polar surface area (TPSA) is 103 Å². The molecular weight excluding hydrogens is 248 g/mol. The molecule has 7 nitrogen and oxygen atoms in total. The van der Waals surface area contributed by atoms with Gasteiger partial charge in [0.2, 0.25) is 5.91 Å². The molecule has 0 unspecified atom stereocenters. The molecule has 0 saturated heterocycles. The first-order valence-corrected chi connectivity index (χ1v) is 5.69. The maximum absolute atomic E-state index is 11.7. The van der Waals surface area contributed by atoms with Gasteiger partial charge in [-0.15, -0.1) is 0 Å². The highest BCUT2D eigenvalue weighted by Crippen LogP contribution is 2.01. The second-order valence-electron chi connectivity index (χ2n) is 4.14. The Morgan fingerprint density at radius 3 is 3.00 bits per heavy atom. The van der Waals surface area contributed by atoms with Gasteiger partial charge >= 0.3 is 0 Å². The summed E-state index contributed by atoms with van der Waals surface area (Å²) in [5, 5.41) is 6.34. The minimum Gasteiger partial charge on any atom is -0.398 e. The molecule has 0 fully saturated rings. The number of nitrogens with one attached hydrogen (secondary N) is 1. The molecule has 0 aliphatic carbocycles. The Morgan fingerprint density at radius 2 is 2.32 bits per heavy atom. The number of carbonyl (C=O) groups is 1. The molecule has 0 spiro atoms. The molecule has 2 rings (SSSR count). The van der Waals surface area contributed by atoms with Gasteiger partial charge in [0.05, 0.1) is 12.2 Å². The predicted molar refractivity (Wildman–Crippen MR) is 68.2 cm³/mol. The zero-order valence-corrected chi connectivity index (χ0v) is 10.4. The Morgan fingerprint density at radius 1 is 1.53 bits per heavy atom. The summed E-state index contributed by atoms with van der Waals surface area (Å²) < 4.78 is 6.20. The Kier molecular flexibility index (Phi) is 3.65. The number of rotatable bonds is 4. The van der Waals surface area contributed by atoms with Crippen LogP contribution in [0.25, 0.3) is 0 Å². The number of pyridine rings is 1. The largest absolute Gasteiger partial charge is 0.398 e. The lowest BCUT2D eigenvalue weighted by molar-refractivity contribution is -0.122. The Balaban J connectivity index is 1.94. The maximum Gasteiger partial charge on any atom is 0.251 e. The van der Waals surface area contributed by atoms with Gasteiger partial charge in [0.25, 0.3) is 5.56 Å². The fourth-order valence-electron chi connectivity index (χ4n) is 1.57. The number of amides is 1. The second kappa shape index (κ2) is 5.38. The lowest BCUT2D eigenvalue weighted by Crippen LogP contribution is -2.31. The van der Waals surface area contributed by atoms with Crippen LogP contribution < -0.4 is 16.6 Å². The van der Waals surface area contributed by atoms with Crippen LogP contribution in [-0.4, -0.2) is 15.6 Å². The third-order valence-corrected chi connectivity index (χ3v) is 2.46. The molecule has 19 heavy (non-hydrogen) atoms. The molecule has 0 aliphatic heterocycles. The van der Waals surface area contributed by atoms with E-state index in [0.717, 1.165) is 5.69 Å². The molecule has 0 radical (unpaired) electrons. The summed E-state index contributed by atoms with van der Waals surface area (Å²) in [5.41, 5.74) is 6.45. The first-order valence-electron chi connectivity index (χ1n) is 5.69. The highest BCUT2D eigenvalue weighted by Gasteiger charge is 2.06. The van der Waals surface area contributed by atoms with E-state index in [1.54, 1.807) is 13.0 Å². The van der Waals surface area contributed by atoms with E-state index >= 15 is 0 Å². The molecule has 7 heteroatoms. The van der Waals surface area contributed by atoms with E-state index in [0.29, 0.717) is 11.4 Å². The van der Waals surface area contributed by atoms with Gasteiger partial charge in [-0.25, -0.2) is 0 Å². The van der Waals surface area contributed by atoms with E-state index in [-0.39, 0.29) is 24.6 Å². The van der Waals surface area contributed by atoms with Crippen LogP contribution in [0.1, 0.15) is 11.5 Å². The van der Waals surface area contributed by atoms with Crippen molar-refractivity contribution in [1.82, 2.24) is 15.0 Å². The third-order valence-electron chi connectivity index (χ3n) is 2.46. The summed E-state index contributed by atoms with van der Waals surface area (Å²) in [6, 6.07) is 4.55. The number of hydrogen-bond acceptors (Lipinski definition) is 5. The van der Waals surface area contributed by atoms with Crippen molar-refractivity contribution in [3.05, 3.63) is 46.2 Å². The van der Waals surface area contributed by atoms with Crippen LogP contribution in [0.4, 0.5) is 5.69 Å². The number of nitrogens with zero attached hydrogens (tertiary/aromatic N) is 2. The van der Waals surface area contributed by atoms with Crippen LogP contribution in [-0.2, 0) is 17.9 Å². The number of nitrogens with two attached hydrogens (primary N) is 1. The lowest BCUT2D eigenvalue weighted by Gasteiger charge is -2.06. The number of carbonyl (C=O) groups excluding carboxylic acids is 1. The average Bonchev–Trinajstić information content (AvgIpc) is 2.77. The van der Waals surface area contributed by atoms with Gasteiger partial charge in [-0.1, -0.05) is 5.16 Å². The highest BCUT2D eigenvalue weighted by atomic mass is 16.5. The van der Waals surface area contributed by atoms with Crippen molar-refractivity contribution in [3.63, 3.8) is 0 Å². The minimum absolute atomic E-state index is 0.0863. The third kappa shape index (κ3) is 3.44. The van der Waals surface area contributed by atoms with E-state index in [1.807, 2.05) is 0 Å². The number of anilines is 1. The molecule has 2 aromatic heterocycles. The number of aromatic nitrogens is 2. The van der Waals surface area contributed by atoms with Crippen molar-refractivity contribution in [1.29, 1.82) is 0 Å². The summed E-state index contributed by atoms with van der Waals surface area (Å²) in [5.74, 6) is 0.257. The summed E-state index contributed by atoms with van der Waals surface area (Å²) in [6.07, 6.45) is 1.43. The van der Waals surface area contributed by atoms with Crippen LogP contribution in [0.15, 0.2) is 33.7 Å². The molecule has 3 N–H and O–H groups in total. The van der Waals surface area contributed by atoms with Gasteiger partial charge < -0.3 is 20.1 Å². The number of aryl methyl sites for hydroxylation is 1. The van der Waals surface area contributed by atoms with Crippen LogP contribution in [0.2, 0.25) is 0 Å². The van der Waals surface area contributed by atoms with E-state index in [9.17, 15) is 9.59 Å². The molecule has 0 bridgehead atoms. The standard InChI is InChI=1S/C12H14N4O3/c1-8-4-10(19-15-8)5-14-11(17)7-16-6-9(13)2-3-12(16)18/h2-4,6H,5,7,13H2,1H3,(H,14,17). The molecular formula is C12H14N4O3. The summed E-state index contributed by atoms with van der Waals surface area (Å²) in [6.45, 7) is 1.94. The van der Waals surface area contributed by atoms with Crippen molar-refractivity contribution in [3.8, 4) is 0 Å². The molecule has 0 atom stereocenters. The highest BCUT2D eigenvalue weighted by molar-refractivity contribution is 5.75. The van der Waals surface area contributed by atoms with E-state index in [1.165, 1.54) is 22.9 Å². The zero-order chi connectivity index (χ0) is 13.8. The van der Waals surface area contributed by atoms with Crippen LogP contribution in [0.3, 0.4) is 0 Å². The van der Waals surface area contributed by atoms with Crippen LogP contribution in [0, 0.1) is 6.92 Å². The first kappa shape index (κ1) is 12.9. The molecule has 0 aromatic carbocycles. The van der Waals surface area contributed by atoms with Crippen molar-refractivity contribution >= 4 is 11.6 Å². The van der Waals surface area contributed by atoms with Crippen molar-refractivity contribution < 1.29 is 9.32 Å². The predicted octanol–water partition coefficient (Wildman–Crippen LogP) is 0.0433. The fourth-order valence-corrected chi connectivity index (χ4v) is 1.57. The Labute approximate surface area is 109 Å². The Hall–Kier alpha value is -2.57. The van der Waals surface area contributed by atoms with Crippen molar-refractivity contribution in [2.24, 2.45) is 0 Å². The van der Waals surface area contributed by atoms with E-state index in [2.05, 4.69) is 10.5 Å². The summed E-state index contributed by atoms with van der Waals surface area (Å²) >= 11 is 0. The van der Waals surface area contributed by atoms with Crippen molar-refractivity contribution in [2.45, 2.75) is 20.0 Å². The van der Waals surface area contributed by atoms with E-state index < -0.39 is 0 Å². The van der Waals surface area contributed by atoms with E-state index in [4.69, 9.17) is 10.3 Å². The molecule has 0 saturated carbocycles. The van der Waals surface area contributed by atoms with Gasteiger partial charge in [-0.3, -0.25) is 9.59 Å². The molecule has 0 aliphatic rings. The Bertz CT molecular complexity index is 644. The average molecular weight is 262 g/mol. The molecule has 1 amide bonds. The maximum atomic E-state index is 11.7. The zero-order valence-electron chi connectivity index (χ0n) is 10.4. The minimum atomic E-state index is -0.304. The first-order chi connectivity index (χ1) is 9.04. The van der Waals surface area contributed by atoms with Gasteiger partial charge in [-0.2, -0.15) is 0 Å². The van der Waals surface area contributed by atoms with Gasteiger partial charge in [0, 0.05) is 24.0 Å². The SMILES string of the molecule is Cc1cc(CNC(=O)Cn2cc(N)ccc2=O)on1. The van der Waals surface area contributed by atoms with Crippen molar-refractivity contribution in [2.75, 3.05) is 5.73 Å². The fraction of sp³-hybridized carbons (Fsp3) is 0.250. The van der Waals surface area contributed by atoms with Gasteiger partial charge in [-0.05, 0) is 13.0 Å². The van der Waals surface area contributed by atoms with Gasteiger partial charge in [0.15, 0.2) is 5.76 Å². The second-order valence-corrected chi connectivity index (χ2v) is 4.14. The normalized spacial score (nSPS) is 10.4. The smallest absolute Gasteiger partial charge is 0.251 e. The molecule has 2 aromatic rings. The molecule has 2 heterocycles. The lowest BCUT2D eigenvalue weighted by atomic mass is 10.3. The summed E-state index contributed by atoms with van der Waals surface area (Å²) in [4.78, 5) is 23.2. The quantitative estimate of drug-likeness (QED) is 0.810. The summed E-state index contributed by atoms with van der Waals surface area (Å²) in [7, 11) is 0. The van der Waals surface area contributed by atoms with Crippen LogP contribution in [0.5, 0.6) is 0 Å².